The Morgan fingerprint density at radius 3 is 2.67 bits per heavy atom. The molecule has 6 nitrogen and oxygen atoms in total. The van der Waals surface area contributed by atoms with Gasteiger partial charge in [0.25, 0.3) is 11.5 Å². The van der Waals surface area contributed by atoms with Gasteiger partial charge < -0.3 is 0 Å². The van der Waals surface area contributed by atoms with Crippen LogP contribution in [-0.4, -0.2) is 21.7 Å². The first kappa shape index (κ1) is 15.6. The van der Waals surface area contributed by atoms with Crippen molar-refractivity contribution in [3.63, 3.8) is 0 Å². The van der Waals surface area contributed by atoms with Crippen molar-refractivity contribution in [1.29, 1.82) is 0 Å². The van der Waals surface area contributed by atoms with Crippen LogP contribution in [0.4, 0.5) is 0 Å². The molecule has 0 saturated carbocycles. The third-order valence-electron chi connectivity index (χ3n) is 3.52. The molecule has 0 radical (unpaired) electrons. The first-order valence-corrected chi connectivity index (χ1v) is 7.48. The van der Waals surface area contributed by atoms with Gasteiger partial charge >= 0.3 is 0 Å². The molecule has 6 heteroatoms. The number of nitrogens with zero attached hydrogens (tertiary/aromatic N) is 3. The van der Waals surface area contributed by atoms with Gasteiger partial charge in [-0.15, -0.1) is 0 Å². The molecule has 1 N–H and O–H groups in total. The quantitative estimate of drug-likeness (QED) is 0.589. The summed E-state index contributed by atoms with van der Waals surface area (Å²) >= 11 is 0. The van der Waals surface area contributed by atoms with Crippen molar-refractivity contribution < 1.29 is 4.79 Å². The zero-order valence-electron chi connectivity index (χ0n) is 13.1. The number of aromatic nitrogens is 2. The molecule has 0 aliphatic rings. The number of rotatable bonds is 4. The molecule has 0 atom stereocenters. The lowest BCUT2D eigenvalue weighted by Crippen LogP contribution is -2.31. The molecule has 120 valence electrons. The molecule has 0 bridgehead atoms. The fourth-order valence-electron chi connectivity index (χ4n) is 2.37. The molecule has 24 heavy (non-hydrogen) atoms. The van der Waals surface area contributed by atoms with E-state index in [1.807, 2.05) is 42.5 Å². The molecule has 0 fully saturated rings. The number of hydrazone groups is 1. The number of hydrogen-bond donors (Lipinski definition) is 1. The van der Waals surface area contributed by atoms with E-state index in [-0.39, 0.29) is 18.0 Å². The first-order valence-electron chi connectivity index (χ1n) is 7.48. The van der Waals surface area contributed by atoms with Crippen LogP contribution >= 0.6 is 0 Å². The summed E-state index contributed by atoms with van der Waals surface area (Å²) in [5, 5.41) is 3.91. The minimum Gasteiger partial charge on any atom is -0.296 e. The van der Waals surface area contributed by atoms with E-state index in [2.05, 4.69) is 15.5 Å². The Morgan fingerprint density at radius 2 is 1.88 bits per heavy atom. The van der Waals surface area contributed by atoms with Gasteiger partial charge in [0.1, 0.15) is 12.2 Å². The molecular weight excluding hydrogens is 304 g/mol. The minimum absolute atomic E-state index is 0.116. The molecule has 0 unspecified atom stereocenters. The van der Waals surface area contributed by atoms with E-state index < -0.39 is 0 Å². The summed E-state index contributed by atoms with van der Waals surface area (Å²) in [6, 6.07) is 16.6. The van der Waals surface area contributed by atoms with Crippen LogP contribution in [0, 0.1) is 6.92 Å². The van der Waals surface area contributed by atoms with Gasteiger partial charge in [-0.25, -0.2) is 10.4 Å². The van der Waals surface area contributed by atoms with E-state index in [1.54, 1.807) is 25.3 Å². The van der Waals surface area contributed by atoms with Gasteiger partial charge in [0.15, 0.2) is 0 Å². The normalized spacial score (nSPS) is 11.0. The summed E-state index contributed by atoms with van der Waals surface area (Å²) in [5.41, 5.74) is 4.69. The van der Waals surface area contributed by atoms with Gasteiger partial charge in [-0.3, -0.25) is 14.2 Å². The van der Waals surface area contributed by atoms with Crippen molar-refractivity contribution in [2.24, 2.45) is 5.10 Å². The maximum atomic E-state index is 12.3. The lowest BCUT2D eigenvalue weighted by molar-refractivity contribution is -0.121. The summed E-state index contributed by atoms with van der Waals surface area (Å²) in [6.45, 7) is 1.52. The van der Waals surface area contributed by atoms with Gasteiger partial charge in [0, 0.05) is 0 Å². The highest BCUT2D eigenvalue weighted by atomic mass is 16.2. The van der Waals surface area contributed by atoms with Crippen LogP contribution < -0.4 is 11.0 Å². The zero-order chi connectivity index (χ0) is 16.9. The predicted octanol–water partition coefficient (Wildman–Crippen LogP) is 1.86. The van der Waals surface area contributed by atoms with Crippen molar-refractivity contribution >= 4 is 23.2 Å². The average molecular weight is 320 g/mol. The Hall–Kier alpha value is -3.28. The van der Waals surface area contributed by atoms with Crippen molar-refractivity contribution in [1.82, 2.24) is 15.0 Å². The van der Waals surface area contributed by atoms with E-state index in [4.69, 9.17) is 0 Å². The van der Waals surface area contributed by atoms with Gasteiger partial charge in [-0.2, -0.15) is 5.10 Å². The fraction of sp³-hybridized carbons (Fsp3) is 0.111. The number of carbonyl (C=O) groups excluding carboxylic acids is 1. The number of aryl methyl sites for hydroxylation is 1. The zero-order valence-corrected chi connectivity index (χ0v) is 13.1. The fourth-order valence-corrected chi connectivity index (χ4v) is 2.37. The van der Waals surface area contributed by atoms with Crippen molar-refractivity contribution in [3.05, 3.63) is 76.2 Å². The second-order valence-electron chi connectivity index (χ2n) is 5.28. The highest BCUT2D eigenvalue weighted by Crippen LogP contribution is 2.09. The Morgan fingerprint density at radius 1 is 1.17 bits per heavy atom. The summed E-state index contributed by atoms with van der Waals surface area (Å²) < 4.78 is 1.41. The molecule has 2 aromatic carbocycles. The van der Waals surface area contributed by atoms with Crippen LogP contribution in [0.1, 0.15) is 11.3 Å². The van der Waals surface area contributed by atoms with E-state index >= 15 is 0 Å². The average Bonchev–Trinajstić information content (AvgIpc) is 2.60. The topological polar surface area (TPSA) is 76.3 Å². The monoisotopic (exact) mass is 320 g/mol. The van der Waals surface area contributed by atoms with Gasteiger partial charge in [-0.1, -0.05) is 42.5 Å². The summed E-state index contributed by atoms with van der Waals surface area (Å²) in [7, 11) is 0. The van der Waals surface area contributed by atoms with E-state index in [1.165, 1.54) is 4.57 Å². The minimum atomic E-state index is -0.375. The Kier molecular flexibility index (Phi) is 4.47. The molecular formula is C18H16N4O2. The molecule has 0 aliphatic carbocycles. The summed E-state index contributed by atoms with van der Waals surface area (Å²) in [6.07, 6.45) is 1.55. The van der Waals surface area contributed by atoms with Gasteiger partial charge in [0.2, 0.25) is 0 Å². The lowest BCUT2D eigenvalue weighted by Gasteiger charge is -2.09. The number of benzene rings is 2. The van der Waals surface area contributed by atoms with Crippen molar-refractivity contribution in [2.45, 2.75) is 13.5 Å². The second-order valence-corrected chi connectivity index (χ2v) is 5.28. The van der Waals surface area contributed by atoms with Crippen LogP contribution in [0.5, 0.6) is 0 Å². The Bertz CT molecular complexity index is 962. The SMILES string of the molecule is Cc1nc2ccccc2n(CC(=O)NN=Cc2ccccc2)c1=O. The number of amides is 1. The maximum Gasteiger partial charge on any atom is 0.272 e. The van der Waals surface area contributed by atoms with E-state index in [0.29, 0.717) is 16.7 Å². The summed E-state index contributed by atoms with van der Waals surface area (Å²) in [5.74, 6) is -0.375. The van der Waals surface area contributed by atoms with E-state index in [0.717, 1.165) is 5.56 Å². The van der Waals surface area contributed by atoms with Crippen molar-refractivity contribution in [3.8, 4) is 0 Å². The van der Waals surface area contributed by atoms with Crippen LogP contribution in [0.2, 0.25) is 0 Å². The highest BCUT2D eigenvalue weighted by molar-refractivity contribution is 5.83. The molecule has 1 heterocycles. The molecule has 3 rings (SSSR count). The van der Waals surface area contributed by atoms with Gasteiger partial charge in [0.05, 0.1) is 17.2 Å². The molecule has 1 aromatic heterocycles. The highest BCUT2D eigenvalue weighted by Gasteiger charge is 2.10. The largest absolute Gasteiger partial charge is 0.296 e. The number of para-hydroxylation sites is 2. The molecule has 3 aromatic rings. The van der Waals surface area contributed by atoms with Crippen LogP contribution in [0.3, 0.4) is 0 Å². The first-order chi connectivity index (χ1) is 11.6. The second kappa shape index (κ2) is 6.87. The lowest BCUT2D eigenvalue weighted by atomic mass is 10.2. The molecule has 0 aliphatic heterocycles. The molecule has 0 spiro atoms. The number of hydrogen-bond acceptors (Lipinski definition) is 4. The van der Waals surface area contributed by atoms with Crippen LogP contribution in [0.15, 0.2) is 64.5 Å². The third kappa shape index (κ3) is 3.38. The number of nitrogens with one attached hydrogen (secondary N) is 1. The standard InChI is InChI=1S/C18H16N4O2/c1-13-18(24)22(16-10-6-5-9-15(16)20-13)12-17(23)21-19-11-14-7-3-2-4-8-14/h2-11H,12H2,1H3,(H,21,23). The third-order valence-corrected chi connectivity index (χ3v) is 3.52. The van der Waals surface area contributed by atoms with Crippen LogP contribution in [0.25, 0.3) is 11.0 Å². The predicted molar refractivity (Wildman–Crippen MR) is 92.9 cm³/mol. The Labute approximate surface area is 138 Å². The molecule has 0 saturated heterocycles. The Balaban J connectivity index is 1.80. The number of carbonyl (C=O) groups is 1. The maximum absolute atomic E-state index is 12.3. The van der Waals surface area contributed by atoms with E-state index in [9.17, 15) is 9.59 Å². The van der Waals surface area contributed by atoms with Gasteiger partial charge in [-0.05, 0) is 24.6 Å². The smallest absolute Gasteiger partial charge is 0.272 e. The summed E-state index contributed by atoms with van der Waals surface area (Å²) in [4.78, 5) is 28.7. The molecule has 1 amide bonds. The van der Waals surface area contributed by atoms with Crippen molar-refractivity contribution in [2.75, 3.05) is 0 Å². The number of fused-ring (bicyclic) bond motifs is 1. The van der Waals surface area contributed by atoms with Crippen LogP contribution in [-0.2, 0) is 11.3 Å².